The highest BCUT2D eigenvalue weighted by molar-refractivity contribution is 5.86. The first kappa shape index (κ1) is 21.9. The zero-order valence-corrected chi connectivity index (χ0v) is 17.6. The predicted molar refractivity (Wildman–Crippen MR) is 113 cm³/mol. The summed E-state index contributed by atoms with van der Waals surface area (Å²) in [4.78, 5) is 35.2. The van der Waals surface area contributed by atoms with E-state index in [1.165, 1.54) is 0 Å². The highest BCUT2D eigenvalue weighted by Gasteiger charge is 2.21. The molecule has 1 unspecified atom stereocenters. The summed E-state index contributed by atoms with van der Waals surface area (Å²) in [5.74, 6) is -0.520. The fourth-order valence-corrected chi connectivity index (χ4v) is 3.93. The van der Waals surface area contributed by atoms with E-state index in [9.17, 15) is 14.4 Å². The highest BCUT2D eigenvalue weighted by atomic mass is 16.5. The molecule has 1 aromatic heterocycles. The third-order valence-corrected chi connectivity index (χ3v) is 5.63. The van der Waals surface area contributed by atoms with Crippen molar-refractivity contribution in [3.05, 3.63) is 39.2 Å². The van der Waals surface area contributed by atoms with Crippen molar-refractivity contribution in [2.45, 2.75) is 71.3 Å². The maximum Gasteiger partial charge on any atom is 0.339 e. The van der Waals surface area contributed by atoms with E-state index in [0.717, 1.165) is 55.0 Å². The minimum atomic E-state index is -0.803. The Balaban J connectivity index is 1.64. The summed E-state index contributed by atoms with van der Waals surface area (Å²) in [6.45, 7) is 3.99. The van der Waals surface area contributed by atoms with Crippen LogP contribution in [0, 0.1) is 6.92 Å². The van der Waals surface area contributed by atoms with Crippen LogP contribution in [0.1, 0.15) is 62.1 Å². The van der Waals surface area contributed by atoms with Gasteiger partial charge in [0.1, 0.15) is 11.3 Å². The highest BCUT2D eigenvalue weighted by Crippen LogP contribution is 2.32. The summed E-state index contributed by atoms with van der Waals surface area (Å²) in [5.41, 5.74) is 2.84. The molecule has 30 heavy (non-hydrogen) atoms. The molecule has 2 aromatic rings. The van der Waals surface area contributed by atoms with Crippen LogP contribution < -0.4 is 15.7 Å². The van der Waals surface area contributed by atoms with Gasteiger partial charge in [-0.15, -0.1) is 0 Å². The van der Waals surface area contributed by atoms with Gasteiger partial charge in [0.2, 0.25) is 0 Å². The fraction of sp³-hybridized carbons (Fsp3) is 0.522. The van der Waals surface area contributed by atoms with Gasteiger partial charge in [-0.1, -0.05) is 6.42 Å². The Morgan fingerprint density at radius 2 is 1.90 bits per heavy atom. The predicted octanol–water partition coefficient (Wildman–Crippen LogP) is 3.51. The van der Waals surface area contributed by atoms with Crippen LogP contribution in [0.15, 0.2) is 21.3 Å². The van der Waals surface area contributed by atoms with Crippen LogP contribution in [0.4, 0.5) is 0 Å². The first-order valence-electron chi connectivity index (χ1n) is 10.6. The monoisotopic (exact) mass is 415 g/mol. The molecule has 0 saturated carbocycles. The summed E-state index contributed by atoms with van der Waals surface area (Å²) < 4.78 is 11.5. The maximum absolute atomic E-state index is 12.4. The number of benzene rings is 1. The van der Waals surface area contributed by atoms with Gasteiger partial charge in [0.15, 0.2) is 6.10 Å². The van der Waals surface area contributed by atoms with Crippen LogP contribution in [-0.2, 0) is 22.4 Å². The molecule has 1 aliphatic carbocycles. The normalized spacial score (nSPS) is 14.2. The van der Waals surface area contributed by atoms with Gasteiger partial charge in [-0.25, -0.2) is 4.79 Å². The van der Waals surface area contributed by atoms with Gasteiger partial charge in [-0.3, -0.25) is 9.59 Å². The molecular weight excluding hydrogens is 386 g/mol. The van der Waals surface area contributed by atoms with Crippen molar-refractivity contribution in [2.24, 2.45) is 0 Å². The van der Waals surface area contributed by atoms with Crippen LogP contribution in [0.2, 0.25) is 0 Å². The molecule has 0 aliphatic heterocycles. The lowest BCUT2D eigenvalue weighted by atomic mass is 9.90. The summed E-state index contributed by atoms with van der Waals surface area (Å²) in [6.07, 6.45) is 5.22. The van der Waals surface area contributed by atoms with Gasteiger partial charge in [0, 0.05) is 29.5 Å². The Morgan fingerprint density at radius 1 is 1.17 bits per heavy atom. The van der Waals surface area contributed by atoms with Gasteiger partial charge in [0.05, 0.1) is 0 Å². The SMILES string of the molecule is Cc1c(OC(C)C(=O)NCCCCCC(=O)O)ccc2c3c(c(=O)oc12)CCCC3. The molecule has 0 saturated heterocycles. The first-order valence-corrected chi connectivity index (χ1v) is 10.6. The third kappa shape index (κ3) is 5.01. The quantitative estimate of drug-likeness (QED) is 0.480. The summed E-state index contributed by atoms with van der Waals surface area (Å²) >= 11 is 0. The lowest BCUT2D eigenvalue weighted by Gasteiger charge is -2.19. The van der Waals surface area contributed by atoms with Gasteiger partial charge in [-0.2, -0.15) is 0 Å². The molecule has 1 aromatic carbocycles. The van der Waals surface area contributed by atoms with E-state index in [1.54, 1.807) is 6.92 Å². The number of unbranched alkanes of at least 4 members (excludes halogenated alkanes) is 2. The number of rotatable bonds is 9. The molecule has 7 heteroatoms. The lowest BCUT2D eigenvalue weighted by molar-refractivity contribution is -0.137. The molecule has 3 rings (SSSR count). The number of carboxylic acids is 1. The van der Waals surface area contributed by atoms with E-state index in [0.29, 0.717) is 29.9 Å². The number of hydrogen-bond acceptors (Lipinski definition) is 5. The van der Waals surface area contributed by atoms with Crippen LogP contribution in [0.5, 0.6) is 5.75 Å². The maximum atomic E-state index is 12.4. The van der Waals surface area contributed by atoms with E-state index in [4.69, 9.17) is 14.3 Å². The Labute approximate surface area is 175 Å². The standard InChI is InChI=1S/C23H29NO6/c1-14-19(29-15(2)22(27)24-13-7-3-4-10-20(25)26)12-11-17-16-8-5-6-9-18(16)23(28)30-21(14)17/h11-12,15H,3-10,13H2,1-2H3,(H,24,27)(H,25,26). The number of fused-ring (bicyclic) bond motifs is 3. The summed E-state index contributed by atoms with van der Waals surface area (Å²) in [7, 11) is 0. The Kier molecular flexibility index (Phi) is 7.13. The number of carbonyl (C=O) groups is 2. The topological polar surface area (TPSA) is 106 Å². The number of amides is 1. The molecule has 0 fully saturated rings. The van der Waals surface area contributed by atoms with Crippen molar-refractivity contribution in [1.29, 1.82) is 0 Å². The average Bonchev–Trinajstić information content (AvgIpc) is 2.72. The van der Waals surface area contributed by atoms with Gasteiger partial charge < -0.3 is 19.6 Å². The Hall–Kier alpha value is -2.83. The van der Waals surface area contributed by atoms with Crippen molar-refractivity contribution in [3.8, 4) is 5.75 Å². The van der Waals surface area contributed by atoms with Crippen molar-refractivity contribution in [2.75, 3.05) is 6.54 Å². The zero-order valence-electron chi connectivity index (χ0n) is 17.6. The molecule has 162 valence electrons. The molecule has 2 N–H and O–H groups in total. The number of nitrogens with one attached hydrogen (secondary N) is 1. The van der Waals surface area contributed by atoms with E-state index >= 15 is 0 Å². The van der Waals surface area contributed by atoms with E-state index in [1.807, 2.05) is 19.1 Å². The number of hydrogen-bond donors (Lipinski definition) is 2. The van der Waals surface area contributed by atoms with Crippen molar-refractivity contribution >= 4 is 22.8 Å². The van der Waals surface area contributed by atoms with Crippen LogP contribution in [0.3, 0.4) is 0 Å². The van der Waals surface area contributed by atoms with Gasteiger partial charge >= 0.3 is 11.6 Å². The van der Waals surface area contributed by atoms with Crippen molar-refractivity contribution < 1.29 is 23.8 Å². The van der Waals surface area contributed by atoms with Crippen LogP contribution >= 0.6 is 0 Å². The molecule has 1 atom stereocenters. The molecule has 1 heterocycles. The number of carbonyl (C=O) groups excluding carboxylic acids is 1. The second kappa shape index (κ2) is 9.78. The number of ether oxygens (including phenoxy) is 1. The van der Waals surface area contributed by atoms with Crippen molar-refractivity contribution in [1.82, 2.24) is 5.32 Å². The van der Waals surface area contributed by atoms with E-state index in [-0.39, 0.29) is 18.0 Å². The minimum absolute atomic E-state index is 0.147. The second-order valence-electron chi connectivity index (χ2n) is 7.87. The largest absolute Gasteiger partial charge is 0.481 e. The van der Waals surface area contributed by atoms with Gasteiger partial charge in [-0.05, 0) is 70.1 Å². The van der Waals surface area contributed by atoms with Crippen LogP contribution in [0.25, 0.3) is 11.0 Å². The minimum Gasteiger partial charge on any atom is -0.481 e. The molecule has 0 bridgehead atoms. The molecule has 1 amide bonds. The first-order chi connectivity index (χ1) is 14.4. The number of carboxylic acid groups (broad SMARTS) is 1. The molecule has 1 aliphatic rings. The number of aryl methyl sites for hydroxylation is 2. The zero-order chi connectivity index (χ0) is 21.7. The van der Waals surface area contributed by atoms with Crippen LogP contribution in [-0.4, -0.2) is 29.6 Å². The van der Waals surface area contributed by atoms with Crippen molar-refractivity contribution in [3.63, 3.8) is 0 Å². The fourth-order valence-electron chi connectivity index (χ4n) is 3.93. The van der Waals surface area contributed by atoms with E-state index in [2.05, 4.69) is 5.32 Å². The Morgan fingerprint density at radius 3 is 2.63 bits per heavy atom. The van der Waals surface area contributed by atoms with E-state index < -0.39 is 12.1 Å². The molecule has 0 spiro atoms. The average molecular weight is 415 g/mol. The summed E-state index contributed by atoms with van der Waals surface area (Å²) in [6, 6.07) is 3.75. The molecule has 0 radical (unpaired) electrons. The Bertz CT molecular complexity index is 993. The molecular formula is C23H29NO6. The number of aliphatic carboxylic acids is 1. The summed E-state index contributed by atoms with van der Waals surface area (Å²) in [5, 5.41) is 12.4. The second-order valence-corrected chi connectivity index (χ2v) is 7.87. The molecule has 7 nitrogen and oxygen atoms in total. The van der Waals surface area contributed by atoms with Gasteiger partial charge in [0.25, 0.3) is 5.91 Å². The lowest BCUT2D eigenvalue weighted by Crippen LogP contribution is -2.37. The third-order valence-electron chi connectivity index (χ3n) is 5.63. The smallest absolute Gasteiger partial charge is 0.339 e.